The van der Waals surface area contributed by atoms with Gasteiger partial charge in [0.05, 0.1) is 10.9 Å². The third-order valence-corrected chi connectivity index (χ3v) is 7.25. The van der Waals surface area contributed by atoms with Gasteiger partial charge >= 0.3 is 6.03 Å². The van der Waals surface area contributed by atoms with Crippen LogP contribution < -0.4 is 9.62 Å². The third-order valence-electron chi connectivity index (χ3n) is 6.32. The van der Waals surface area contributed by atoms with Crippen LogP contribution in [0.4, 0.5) is 41.3 Å². The number of urea groups is 1. The lowest BCUT2D eigenvalue weighted by Crippen LogP contribution is -2.56. The monoisotopic (exact) mass is 552 g/mol. The van der Waals surface area contributed by atoms with Crippen LogP contribution in [0.3, 0.4) is 0 Å². The molecule has 37 heavy (non-hydrogen) atoms. The van der Waals surface area contributed by atoms with Gasteiger partial charge in [0.15, 0.2) is 11.4 Å². The largest absolute Gasteiger partial charge is 0.354 e. The van der Waals surface area contributed by atoms with E-state index >= 15 is 0 Å². The molecular formula is C21H15F7N4O4S. The van der Waals surface area contributed by atoms with E-state index in [-0.39, 0.29) is 11.0 Å². The summed E-state index contributed by atoms with van der Waals surface area (Å²) in [6.07, 6.45) is -0.426. The first kappa shape index (κ1) is 25.3. The Balaban J connectivity index is 1.58. The molecule has 1 aromatic heterocycles. The van der Waals surface area contributed by atoms with Gasteiger partial charge in [-0.2, -0.15) is 0 Å². The van der Waals surface area contributed by atoms with Crippen molar-refractivity contribution in [1.29, 1.82) is 0 Å². The molecule has 2 saturated heterocycles. The molecule has 2 aliphatic rings. The van der Waals surface area contributed by atoms with Crippen LogP contribution >= 0.6 is 0 Å². The van der Waals surface area contributed by atoms with Crippen molar-refractivity contribution >= 4 is 32.8 Å². The van der Waals surface area contributed by atoms with E-state index < -0.39 is 99.8 Å². The molecule has 16 heteroatoms. The normalized spacial score (nSPS) is 21.6. The van der Waals surface area contributed by atoms with Crippen LogP contribution in [0.25, 0.3) is 22.1 Å². The minimum absolute atomic E-state index is 0.218. The van der Waals surface area contributed by atoms with Gasteiger partial charge in [-0.3, -0.25) is 4.90 Å². The number of carbonyl (C=O) groups excluding carboxylic acids is 1. The number of hydrogen-bond acceptors (Lipinski definition) is 5. The van der Waals surface area contributed by atoms with Crippen LogP contribution in [-0.2, 0) is 10.0 Å². The Hall–Kier alpha value is -3.40. The standard InChI is InChI=1S/C21H15F7N4O4S/c22-8-37(34,35)30-14-7-32-15(21(14,27)28)3-4-31(20(32)33)19-18-13(36-29-19)2-1-10(24)17(18)16-11(25)5-9(23)6-12(16)26/h1-2,5-6,14-15,30H,3-4,7-8H2/t14-,15-/m1/s1. The predicted molar refractivity (Wildman–Crippen MR) is 114 cm³/mol. The molecule has 0 spiro atoms. The number of sulfonamides is 1. The number of fused-ring (bicyclic) bond motifs is 2. The van der Waals surface area contributed by atoms with Gasteiger partial charge in [0.2, 0.25) is 16.0 Å². The van der Waals surface area contributed by atoms with Crippen LogP contribution in [0.5, 0.6) is 0 Å². The summed E-state index contributed by atoms with van der Waals surface area (Å²) in [5.41, 5.74) is -1.92. The van der Waals surface area contributed by atoms with Gasteiger partial charge in [-0.1, -0.05) is 5.16 Å². The van der Waals surface area contributed by atoms with Crippen molar-refractivity contribution in [2.24, 2.45) is 0 Å². The lowest BCUT2D eigenvalue weighted by Gasteiger charge is -2.37. The summed E-state index contributed by atoms with van der Waals surface area (Å²) in [6.45, 7) is -1.27. The highest BCUT2D eigenvalue weighted by molar-refractivity contribution is 7.89. The number of benzene rings is 2. The van der Waals surface area contributed by atoms with E-state index in [1.807, 2.05) is 0 Å². The van der Waals surface area contributed by atoms with Crippen molar-refractivity contribution in [2.45, 2.75) is 24.4 Å². The average molecular weight is 552 g/mol. The van der Waals surface area contributed by atoms with E-state index in [9.17, 15) is 43.9 Å². The van der Waals surface area contributed by atoms with E-state index in [1.165, 1.54) is 0 Å². The Kier molecular flexibility index (Phi) is 5.86. The summed E-state index contributed by atoms with van der Waals surface area (Å²) < 4.78 is 130. The summed E-state index contributed by atoms with van der Waals surface area (Å²) in [7, 11) is -4.69. The zero-order valence-corrected chi connectivity index (χ0v) is 19.1. The minimum Gasteiger partial charge on any atom is -0.354 e. The summed E-state index contributed by atoms with van der Waals surface area (Å²) in [6, 6.07) is -4.41. The molecule has 3 heterocycles. The van der Waals surface area contributed by atoms with Crippen LogP contribution in [0, 0.1) is 23.3 Å². The van der Waals surface area contributed by atoms with E-state index in [0.29, 0.717) is 17.0 Å². The number of rotatable bonds is 5. The van der Waals surface area contributed by atoms with Crippen LogP contribution in [0.15, 0.2) is 28.8 Å². The van der Waals surface area contributed by atoms with Gasteiger partial charge < -0.3 is 9.42 Å². The molecule has 0 aliphatic carbocycles. The molecular weight excluding hydrogens is 537 g/mol. The second-order valence-corrected chi connectivity index (χ2v) is 10.2. The van der Waals surface area contributed by atoms with Crippen molar-refractivity contribution in [3.63, 3.8) is 0 Å². The number of carbonyl (C=O) groups is 1. The van der Waals surface area contributed by atoms with Gasteiger partial charge in [-0.25, -0.2) is 48.7 Å². The Labute approximate surface area is 203 Å². The fourth-order valence-corrected chi connectivity index (χ4v) is 5.44. The molecule has 0 bridgehead atoms. The number of alkyl halides is 3. The van der Waals surface area contributed by atoms with Crippen molar-refractivity contribution in [2.75, 3.05) is 24.0 Å². The average Bonchev–Trinajstić information content (AvgIpc) is 3.34. The predicted octanol–water partition coefficient (Wildman–Crippen LogP) is 3.92. The third kappa shape index (κ3) is 3.98. The number of hydrogen-bond donors (Lipinski definition) is 1. The Bertz CT molecular complexity index is 1510. The molecule has 0 radical (unpaired) electrons. The van der Waals surface area contributed by atoms with Crippen molar-refractivity contribution < 1.29 is 48.5 Å². The number of halogens is 7. The molecule has 2 amide bonds. The maximum atomic E-state index is 14.9. The van der Waals surface area contributed by atoms with Gasteiger partial charge in [-0.05, 0) is 18.6 Å². The smallest absolute Gasteiger partial charge is 0.326 e. The molecule has 1 N–H and O–H groups in total. The molecule has 198 valence electrons. The maximum Gasteiger partial charge on any atom is 0.326 e. The van der Waals surface area contributed by atoms with E-state index in [4.69, 9.17) is 4.52 Å². The highest BCUT2D eigenvalue weighted by Crippen LogP contribution is 2.44. The van der Waals surface area contributed by atoms with Gasteiger partial charge in [0.1, 0.15) is 35.4 Å². The lowest BCUT2D eigenvalue weighted by molar-refractivity contribution is -0.0449. The Morgan fingerprint density at radius 2 is 1.76 bits per heavy atom. The minimum atomic E-state index is -4.69. The second-order valence-electron chi connectivity index (χ2n) is 8.51. The summed E-state index contributed by atoms with van der Waals surface area (Å²) in [5, 5.41) is 3.31. The molecule has 5 rings (SSSR count). The molecule has 3 aromatic rings. The van der Waals surface area contributed by atoms with Crippen molar-refractivity contribution in [3.8, 4) is 11.1 Å². The number of amides is 2. The van der Waals surface area contributed by atoms with E-state index in [2.05, 4.69) is 5.16 Å². The number of aromatic nitrogens is 1. The Morgan fingerprint density at radius 1 is 1.08 bits per heavy atom. The molecule has 2 aromatic carbocycles. The van der Waals surface area contributed by atoms with Crippen LogP contribution in [-0.4, -0.2) is 61.6 Å². The van der Waals surface area contributed by atoms with E-state index in [1.54, 1.807) is 4.72 Å². The van der Waals surface area contributed by atoms with Gasteiger partial charge in [0.25, 0.3) is 5.92 Å². The number of anilines is 1. The first-order valence-corrected chi connectivity index (χ1v) is 12.3. The topological polar surface area (TPSA) is 95.8 Å². The number of nitrogens with one attached hydrogen (secondary N) is 1. The molecule has 2 fully saturated rings. The van der Waals surface area contributed by atoms with E-state index in [0.717, 1.165) is 17.0 Å². The summed E-state index contributed by atoms with van der Waals surface area (Å²) in [4.78, 5) is 14.7. The second kappa shape index (κ2) is 8.58. The quantitative estimate of drug-likeness (QED) is 0.485. The van der Waals surface area contributed by atoms with Crippen LogP contribution in [0.2, 0.25) is 0 Å². The fraction of sp³-hybridized carbons (Fsp3) is 0.333. The molecule has 8 nitrogen and oxygen atoms in total. The molecule has 2 aliphatic heterocycles. The van der Waals surface area contributed by atoms with Crippen molar-refractivity contribution in [3.05, 3.63) is 47.5 Å². The SMILES string of the molecule is O=C1N(c2noc3ccc(F)c(-c4c(F)cc(F)cc4F)c23)CC[C@H]2N1C[C@@H](NS(=O)(=O)CF)C2(F)F. The van der Waals surface area contributed by atoms with Gasteiger partial charge in [0, 0.05) is 30.8 Å². The van der Waals surface area contributed by atoms with Gasteiger partial charge in [-0.15, -0.1) is 0 Å². The summed E-state index contributed by atoms with van der Waals surface area (Å²) in [5.74, 6) is -9.55. The van der Waals surface area contributed by atoms with Crippen molar-refractivity contribution in [1.82, 2.24) is 14.8 Å². The first-order chi connectivity index (χ1) is 17.4. The zero-order valence-electron chi connectivity index (χ0n) is 18.3. The fourth-order valence-electron chi connectivity index (χ4n) is 4.71. The summed E-state index contributed by atoms with van der Waals surface area (Å²) >= 11 is 0. The lowest BCUT2D eigenvalue weighted by atomic mass is 9.98. The maximum absolute atomic E-state index is 14.9. The zero-order chi connectivity index (χ0) is 26.9. The highest BCUT2D eigenvalue weighted by Gasteiger charge is 2.61. The molecule has 0 unspecified atom stereocenters. The first-order valence-electron chi connectivity index (χ1n) is 10.6. The highest BCUT2D eigenvalue weighted by atomic mass is 32.2. The Morgan fingerprint density at radius 3 is 2.41 bits per heavy atom. The van der Waals surface area contributed by atoms with Crippen LogP contribution in [0.1, 0.15) is 6.42 Å². The molecule has 2 atom stereocenters. The number of nitrogens with zero attached hydrogens (tertiary/aromatic N) is 3. The molecule has 0 saturated carbocycles.